The number of hydrogen-bond donors (Lipinski definition) is 0. The molecule has 3 nitrogen and oxygen atoms in total. The minimum absolute atomic E-state index is 0.237. The van der Waals surface area contributed by atoms with Crippen LogP contribution in [-0.2, 0) is 0 Å². The Labute approximate surface area is 92.8 Å². The Morgan fingerprint density at radius 2 is 2.00 bits per heavy atom. The lowest BCUT2D eigenvalue weighted by Crippen LogP contribution is -2.05. The lowest BCUT2D eigenvalue weighted by atomic mass is 10.1. The first-order valence-corrected chi connectivity index (χ1v) is 5.41. The van der Waals surface area contributed by atoms with Gasteiger partial charge in [-0.25, -0.2) is 4.98 Å². The third kappa shape index (κ3) is 3.54. The van der Waals surface area contributed by atoms with Crippen LogP contribution in [0.2, 0.25) is 0 Å². The van der Waals surface area contributed by atoms with Crippen LogP contribution in [0.15, 0.2) is 33.0 Å². The van der Waals surface area contributed by atoms with E-state index in [4.69, 9.17) is 0 Å². The van der Waals surface area contributed by atoms with Gasteiger partial charge in [0.15, 0.2) is 5.82 Å². The fraction of sp³-hybridized carbons (Fsp3) is 0.500. The molecule has 14 heavy (non-hydrogen) atoms. The number of hydrogen-bond acceptors (Lipinski definition) is 3. The third-order valence-corrected chi connectivity index (χ3v) is 2.49. The second kappa shape index (κ2) is 5.20. The predicted molar refractivity (Wildman–Crippen MR) is 60.8 cm³/mol. The largest absolute Gasteiger partial charge is 0.234 e. The van der Waals surface area contributed by atoms with E-state index in [9.17, 15) is 0 Å². The summed E-state index contributed by atoms with van der Waals surface area (Å²) >= 11 is 3.31. The van der Waals surface area contributed by atoms with Gasteiger partial charge in [-0.15, -0.1) is 5.11 Å². The lowest BCUT2D eigenvalue weighted by molar-refractivity contribution is 0.513. The molecule has 1 heterocycles. The summed E-state index contributed by atoms with van der Waals surface area (Å²) in [6, 6.07) is 3.97. The van der Waals surface area contributed by atoms with E-state index in [2.05, 4.69) is 45.0 Å². The van der Waals surface area contributed by atoms with Gasteiger partial charge >= 0.3 is 0 Å². The van der Waals surface area contributed by atoms with Crippen LogP contribution in [0.4, 0.5) is 5.82 Å². The van der Waals surface area contributed by atoms with Crippen LogP contribution >= 0.6 is 15.9 Å². The Balaban J connectivity index is 2.64. The zero-order valence-corrected chi connectivity index (χ0v) is 10.2. The van der Waals surface area contributed by atoms with Crippen molar-refractivity contribution in [2.75, 3.05) is 0 Å². The standard InChI is InChI=1S/C10H14BrN3/c1-7(2)8(3)13-14-10-5-4-9(11)6-12-10/h4-8H,1-3H3. The van der Waals surface area contributed by atoms with Gasteiger partial charge in [-0.3, -0.25) is 0 Å². The van der Waals surface area contributed by atoms with Crippen molar-refractivity contribution in [3.63, 3.8) is 0 Å². The van der Waals surface area contributed by atoms with Crippen LogP contribution < -0.4 is 0 Å². The first kappa shape index (κ1) is 11.3. The molecule has 0 aromatic carbocycles. The van der Waals surface area contributed by atoms with E-state index in [1.54, 1.807) is 6.20 Å². The third-order valence-electron chi connectivity index (χ3n) is 2.02. The molecule has 1 aromatic rings. The van der Waals surface area contributed by atoms with E-state index in [1.807, 2.05) is 19.1 Å². The fourth-order valence-corrected chi connectivity index (χ4v) is 0.945. The van der Waals surface area contributed by atoms with Crippen LogP contribution in [-0.4, -0.2) is 11.0 Å². The highest BCUT2D eigenvalue weighted by Crippen LogP contribution is 2.15. The Kier molecular flexibility index (Phi) is 4.20. The second-order valence-electron chi connectivity index (χ2n) is 3.53. The van der Waals surface area contributed by atoms with E-state index in [0.29, 0.717) is 11.7 Å². The Hall–Kier alpha value is -0.770. The maximum absolute atomic E-state index is 4.17. The number of rotatable bonds is 3. The molecule has 0 spiro atoms. The Bertz CT molecular complexity index is 306. The Morgan fingerprint density at radius 3 is 2.50 bits per heavy atom. The van der Waals surface area contributed by atoms with Gasteiger partial charge in [-0.2, -0.15) is 5.11 Å². The minimum atomic E-state index is 0.237. The molecule has 4 heteroatoms. The number of pyridine rings is 1. The van der Waals surface area contributed by atoms with Gasteiger partial charge < -0.3 is 0 Å². The van der Waals surface area contributed by atoms with Gasteiger partial charge in [0.05, 0.1) is 6.04 Å². The molecule has 0 amide bonds. The van der Waals surface area contributed by atoms with E-state index in [-0.39, 0.29) is 6.04 Å². The van der Waals surface area contributed by atoms with Gasteiger partial charge in [0.2, 0.25) is 0 Å². The number of aromatic nitrogens is 1. The maximum atomic E-state index is 4.17. The molecule has 0 saturated carbocycles. The van der Waals surface area contributed by atoms with Crippen molar-refractivity contribution < 1.29 is 0 Å². The van der Waals surface area contributed by atoms with Crippen LogP contribution in [0.1, 0.15) is 20.8 Å². The molecule has 76 valence electrons. The molecule has 0 aliphatic heterocycles. The summed E-state index contributed by atoms with van der Waals surface area (Å²) in [6.45, 7) is 6.30. The second-order valence-corrected chi connectivity index (χ2v) is 4.45. The summed E-state index contributed by atoms with van der Waals surface area (Å²) in [5.74, 6) is 1.16. The zero-order chi connectivity index (χ0) is 10.6. The highest BCUT2D eigenvalue weighted by atomic mass is 79.9. The van der Waals surface area contributed by atoms with Crippen molar-refractivity contribution in [3.05, 3.63) is 22.8 Å². The maximum Gasteiger partial charge on any atom is 0.173 e. The Morgan fingerprint density at radius 1 is 1.29 bits per heavy atom. The normalized spacial score (nSPS) is 13.8. The van der Waals surface area contributed by atoms with Gasteiger partial charge in [0.25, 0.3) is 0 Å². The molecule has 1 aromatic heterocycles. The van der Waals surface area contributed by atoms with Crippen LogP contribution in [0.3, 0.4) is 0 Å². The van der Waals surface area contributed by atoms with E-state index >= 15 is 0 Å². The van der Waals surface area contributed by atoms with Crippen molar-refractivity contribution in [3.8, 4) is 0 Å². The summed E-state index contributed by atoms with van der Waals surface area (Å²) in [4.78, 5) is 4.10. The molecule has 1 unspecified atom stereocenters. The van der Waals surface area contributed by atoms with Gasteiger partial charge in [0.1, 0.15) is 0 Å². The molecule has 0 bridgehead atoms. The van der Waals surface area contributed by atoms with E-state index < -0.39 is 0 Å². The average Bonchev–Trinajstić information content (AvgIpc) is 2.16. The number of nitrogens with zero attached hydrogens (tertiary/aromatic N) is 3. The fourth-order valence-electron chi connectivity index (χ4n) is 0.711. The van der Waals surface area contributed by atoms with Crippen molar-refractivity contribution in [2.24, 2.45) is 16.1 Å². The van der Waals surface area contributed by atoms with Crippen molar-refractivity contribution >= 4 is 21.7 Å². The molecule has 0 saturated heterocycles. The van der Waals surface area contributed by atoms with Gasteiger partial charge in [-0.1, -0.05) is 13.8 Å². The monoisotopic (exact) mass is 255 g/mol. The van der Waals surface area contributed by atoms with Crippen molar-refractivity contribution in [1.82, 2.24) is 4.98 Å². The molecule has 1 rings (SSSR count). The van der Waals surface area contributed by atoms with Crippen LogP contribution in [0, 0.1) is 5.92 Å². The summed E-state index contributed by atoms with van der Waals surface area (Å²) in [5.41, 5.74) is 0. The molecule has 0 aliphatic rings. The summed E-state index contributed by atoms with van der Waals surface area (Å²) in [5, 5.41) is 8.23. The lowest BCUT2D eigenvalue weighted by Gasteiger charge is -2.07. The first-order chi connectivity index (χ1) is 6.59. The predicted octanol–water partition coefficient (Wildman–Crippen LogP) is 3.97. The van der Waals surface area contributed by atoms with Crippen molar-refractivity contribution in [1.29, 1.82) is 0 Å². The average molecular weight is 256 g/mol. The SMILES string of the molecule is CC(C)C(C)N=Nc1ccc(Br)cn1. The molecule has 0 radical (unpaired) electrons. The van der Waals surface area contributed by atoms with E-state index in [0.717, 1.165) is 4.47 Å². The molecule has 0 fully saturated rings. The highest BCUT2D eigenvalue weighted by molar-refractivity contribution is 9.10. The van der Waals surface area contributed by atoms with E-state index in [1.165, 1.54) is 0 Å². The topological polar surface area (TPSA) is 37.6 Å². The van der Waals surface area contributed by atoms with Crippen LogP contribution in [0.5, 0.6) is 0 Å². The van der Waals surface area contributed by atoms with Gasteiger partial charge in [-0.05, 0) is 40.9 Å². The summed E-state index contributed by atoms with van der Waals surface area (Å²) in [7, 11) is 0. The number of halogens is 1. The molecule has 0 aliphatic carbocycles. The van der Waals surface area contributed by atoms with Gasteiger partial charge in [0, 0.05) is 10.7 Å². The van der Waals surface area contributed by atoms with Crippen molar-refractivity contribution in [2.45, 2.75) is 26.8 Å². The molecule has 1 atom stereocenters. The smallest absolute Gasteiger partial charge is 0.173 e. The summed E-state index contributed by atoms with van der Waals surface area (Å²) in [6.07, 6.45) is 1.72. The molecular weight excluding hydrogens is 242 g/mol. The minimum Gasteiger partial charge on any atom is -0.234 e. The molecule has 0 N–H and O–H groups in total. The highest BCUT2D eigenvalue weighted by Gasteiger charge is 2.03. The number of azo groups is 1. The summed E-state index contributed by atoms with van der Waals surface area (Å²) < 4.78 is 0.952. The molecular formula is C10H14BrN3. The van der Waals surface area contributed by atoms with Crippen LogP contribution in [0.25, 0.3) is 0 Å². The first-order valence-electron chi connectivity index (χ1n) is 4.62. The quantitative estimate of drug-likeness (QED) is 0.754. The zero-order valence-electron chi connectivity index (χ0n) is 8.61.